The molecule has 7 nitrogen and oxygen atoms in total. The topological polar surface area (TPSA) is 104 Å². The number of anilines is 1. The van der Waals surface area contributed by atoms with Crippen molar-refractivity contribution in [3.63, 3.8) is 0 Å². The largest absolute Gasteiger partial charge is 0.462 e. The second-order valence-electron chi connectivity index (χ2n) is 3.29. The summed E-state index contributed by atoms with van der Waals surface area (Å²) in [5.74, 6) is 0.113. The van der Waals surface area contributed by atoms with E-state index in [1.165, 1.54) is 6.20 Å². The van der Waals surface area contributed by atoms with Gasteiger partial charge in [-0.15, -0.1) is 0 Å². The maximum atomic E-state index is 11.5. The third-order valence-corrected chi connectivity index (χ3v) is 2.08. The summed E-state index contributed by atoms with van der Waals surface area (Å²) >= 11 is 0. The fourth-order valence-electron chi connectivity index (χ4n) is 1.28. The van der Waals surface area contributed by atoms with Crippen molar-refractivity contribution in [2.75, 3.05) is 12.3 Å². The number of esters is 1. The van der Waals surface area contributed by atoms with Crippen molar-refractivity contribution in [1.29, 1.82) is 0 Å². The molecule has 92 valence electrons. The van der Waals surface area contributed by atoms with E-state index in [1.807, 2.05) is 0 Å². The number of carbonyl (C=O) groups excluding carboxylic acids is 1. The van der Waals surface area contributed by atoms with Gasteiger partial charge in [-0.3, -0.25) is 0 Å². The molecule has 18 heavy (non-hydrogen) atoms. The van der Waals surface area contributed by atoms with Gasteiger partial charge in [0.05, 0.1) is 6.61 Å². The SMILES string of the molecule is CCOC(=O)c1cnc(-c2ncccn2)nc1N. The Hall–Kier alpha value is -2.57. The van der Waals surface area contributed by atoms with Crippen LogP contribution < -0.4 is 5.73 Å². The molecule has 0 amide bonds. The summed E-state index contributed by atoms with van der Waals surface area (Å²) in [6, 6.07) is 1.68. The molecule has 0 aliphatic rings. The summed E-state index contributed by atoms with van der Waals surface area (Å²) in [5.41, 5.74) is 5.82. The van der Waals surface area contributed by atoms with E-state index in [2.05, 4.69) is 19.9 Å². The van der Waals surface area contributed by atoms with Gasteiger partial charge in [0, 0.05) is 18.6 Å². The van der Waals surface area contributed by atoms with E-state index in [1.54, 1.807) is 25.4 Å². The quantitative estimate of drug-likeness (QED) is 0.793. The van der Waals surface area contributed by atoms with Crippen LogP contribution in [-0.2, 0) is 4.74 Å². The number of hydrogen-bond acceptors (Lipinski definition) is 7. The Balaban J connectivity index is 2.34. The Morgan fingerprint density at radius 3 is 2.61 bits per heavy atom. The first-order chi connectivity index (χ1) is 8.72. The number of nitrogen functional groups attached to an aromatic ring is 1. The normalized spacial score (nSPS) is 10.1. The monoisotopic (exact) mass is 245 g/mol. The van der Waals surface area contributed by atoms with Crippen LogP contribution >= 0.6 is 0 Å². The van der Waals surface area contributed by atoms with Crippen molar-refractivity contribution in [3.05, 3.63) is 30.2 Å². The highest BCUT2D eigenvalue weighted by atomic mass is 16.5. The molecule has 0 bridgehead atoms. The molecular weight excluding hydrogens is 234 g/mol. The van der Waals surface area contributed by atoms with Crippen molar-refractivity contribution >= 4 is 11.8 Å². The number of nitrogens with zero attached hydrogens (tertiary/aromatic N) is 4. The zero-order valence-electron chi connectivity index (χ0n) is 9.70. The average Bonchev–Trinajstić information content (AvgIpc) is 2.40. The Labute approximate surface area is 103 Å². The van der Waals surface area contributed by atoms with Crippen LogP contribution in [0.15, 0.2) is 24.7 Å². The summed E-state index contributed by atoms with van der Waals surface area (Å²) in [6.07, 6.45) is 4.45. The van der Waals surface area contributed by atoms with Crippen LogP contribution in [0.2, 0.25) is 0 Å². The van der Waals surface area contributed by atoms with Crippen LogP contribution in [0.5, 0.6) is 0 Å². The number of hydrogen-bond donors (Lipinski definition) is 1. The van der Waals surface area contributed by atoms with Crippen molar-refractivity contribution < 1.29 is 9.53 Å². The lowest BCUT2D eigenvalue weighted by atomic mass is 10.3. The lowest BCUT2D eigenvalue weighted by molar-refractivity contribution is 0.0527. The Bertz CT molecular complexity index is 559. The highest BCUT2D eigenvalue weighted by Gasteiger charge is 2.14. The van der Waals surface area contributed by atoms with E-state index in [-0.39, 0.29) is 23.8 Å². The lowest BCUT2D eigenvalue weighted by Gasteiger charge is -2.05. The molecule has 0 aliphatic carbocycles. The molecule has 0 radical (unpaired) electrons. The molecule has 2 aromatic rings. The van der Waals surface area contributed by atoms with Crippen molar-refractivity contribution in [3.8, 4) is 11.6 Å². The number of ether oxygens (including phenoxy) is 1. The smallest absolute Gasteiger partial charge is 0.343 e. The lowest BCUT2D eigenvalue weighted by Crippen LogP contribution is -2.11. The van der Waals surface area contributed by atoms with Crippen LogP contribution in [0, 0.1) is 0 Å². The van der Waals surface area contributed by atoms with Gasteiger partial charge in [0.1, 0.15) is 11.4 Å². The third-order valence-electron chi connectivity index (χ3n) is 2.08. The van der Waals surface area contributed by atoms with E-state index in [4.69, 9.17) is 10.5 Å². The van der Waals surface area contributed by atoms with Gasteiger partial charge in [-0.2, -0.15) is 0 Å². The van der Waals surface area contributed by atoms with E-state index >= 15 is 0 Å². The van der Waals surface area contributed by atoms with Crippen LogP contribution in [0.25, 0.3) is 11.6 Å². The number of nitrogens with two attached hydrogens (primary N) is 1. The average molecular weight is 245 g/mol. The molecule has 0 unspecified atom stereocenters. The van der Waals surface area contributed by atoms with Gasteiger partial charge in [-0.05, 0) is 13.0 Å². The maximum Gasteiger partial charge on any atom is 0.343 e. The van der Waals surface area contributed by atoms with Gasteiger partial charge < -0.3 is 10.5 Å². The zero-order valence-corrected chi connectivity index (χ0v) is 9.70. The van der Waals surface area contributed by atoms with Gasteiger partial charge in [0.2, 0.25) is 0 Å². The molecule has 0 spiro atoms. The number of rotatable bonds is 3. The Morgan fingerprint density at radius 1 is 1.28 bits per heavy atom. The fraction of sp³-hybridized carbons (Fsp3) is 0.182. The van der Waals surface area contributed by atoms with E-state index in [0.717, 1.165) is 0 Å². The summed E-state index contributed by atoms with van der Waals surface area (Å²) < 4.78 is 4.82. The summed E-state index contributed by atoms with van der Waals surface area (Å²) in [4.78, 5) is 27.5. The maximum absolute atomic E-state index is 11.5. The summed E-state index contributed by atoms with van der Waals surface area (Å²) in [6.45, 7) is 1.98. The standard InChI is InChI=1S/C11H11N5O2/c1-2-18-11(17)7-6-15-10(16-8(7)12)9-13-4-3-5-14-9/h3-6H,2H2,1H3,(H2,12,15,16). The highest BCUT2D eigenvalue weighted by Crippen LogP contribution is 2.14. The number of carbonyl (C=O) groups is 1. The molecule has 0 atom stereocenters. The van der Waals surface area contributed by atoms with E-state index in [9.17, 15) is 4.79 Å². The van der Waals surface area contributed by atoms with E-state index in [0.29, 0.717) is 5.82 Å². The van der Waals surface area contributed by atoms with Crippen LogP contribution in [0.4, 0.5) is 5.82 Å². The van der Waals surface area contributed by atoms with Crippen LogP contribution in [0.1, 0.15) is 17.3 Å². The van der Waals surface area contributed by atoms with Gasteiger partial charge in [0.25, 0.3) is 0 Å². The van der Waals surface area contributed by atoms with Gasteiger partial charge >= 0.3 is 5.97 Å². The molecule has 2 rings (SSSR count). The van der Waals surface area contributed by atoms with Gasteiger partial charge in [-0.1, -0.05) is 0 Å². The number of aromatic nitrogens is 4. The molecule has 2 aromatic heterocycles. The molecular formula is C11H11N5O2. The minimum Gasteiger partial charge on any atom is -0.462 e. The van der Waals surface area contributed by atoms with Crippen LogP contribution in [0.3, 0.4) is 0 Å². The highest BCUT2D eigenvalue weighted by molar-refractivity contribution is 5.93. The first-order valence-electron chi connectivity index (χ1n) is 5.29. The predicted octanol–water partition coefficient (Wildman–Crippen LogP) is 0.693. The molecule has 2 N–H and O–H groups in total. The zero-order chi connectivity index (χ0) is 13.0. The minimum absolute atomic E-state index is 0.0471. The molecule has 0 saturated heterocycles. The van der Waals surface area contributed by atoms with Crippen molar-refractivity contribution in [1.82, 2.24) is 19.9 Å². The van der Waals surface area contributed by atoms with Crippen molar-refractivity contribution in [2.45, 2.75) is 6.92 Å². The molecule has 7 heteroatoms. The molecule has 0 aliphatic heterocycles. The minimum atomic E-state index is -0.546. The van der Waals surface area contributed by atoms with Gasteiger partial charge in [-0.25, -0.2) is 24.7 Å². The Kier molecular flexibility index (Phi) is 3.42. The molecule has 0 saturated carbocycles. The van der Waals surface area contributed by atoms with Crippen molar-refractivity contribution in [2.24, 2.45) is 0 Å². The van der Waals surface area contributed by atoms with Gasteiger partial charge in [0.15, 0.2) is 11.6 Å². The second kappa shape index (κ2) is 5.17. The molecule has 0 aromatic carbocycles. The molecule has 2 heterocycles. The second-order valence-corrected chi connectivity index (χ2v) is 3.29. The first kappa shape index (κ1) is 11.9. The first-order valence-corrected chi connectivity index (χ1v) is 5.29. The predicted molar refractivity (Wildman–Crippen MR) is 63.4 cm³/mol. The summed E-state index contributed by atoms with van der Waals surface area (Å²) in [5, 5.41) is 0. The van der Waals surface area contributed by atoms with Crippen LogP contribution in [-0.4, -0.2) is 32.5 Å². The fourth-order valence-corrected chi connectivity index (χ4v) is 1.28. The molecule has 0 fully saturated rings. The Morgan fingerprint density at radius 2 is 2.00 bits per heavy atom. The van der Waals surface area contributed by atoms with E-state index < -0.39 is 5.97 Å². The summed E-state index contributed by atoms with van der Waals surface area (Å²) in [7, 11) is 0. The third kappa shape index (κ3) is 2.40.